The second-order valence-electron chi connectivity index (χ2n) is 4.64. The maximum absolute atomic E-state index is 5.32. The molecule has 0 spiro atoms. The lowest BCUT2D eigenvalue weighted by atomic mass is 10.3. The molecule has 0 atom stereocenters. The second kappa shape index (κ2) is 5.97. The van der Waals surface area contributed by atoms with E-state index >= 15 is 0 Å². The molecule has 0 fully saturated rings. The summed E-state index contributed by atoms with van der Waals surface area (Å²) in [5.74, 6) is 0.836. The van der Waals surface area contributed by atoms with E-state index in [2.05, 4.69) is 47.3 Å². The molecule has 0 radical (unpaired) electrons. The fourth-order valence-electron chi connectivity index (χ4n) is 2.23. The van der Waals surface area contributed by atoms with Crippen molar-refractivity contribution in [1.82, 2.24) is 0 Å². The van der Waals surface area contributed by atoms with E-state index in [4.69, 9.17) is 4.74 Å². The first-order valence-corrected chi connectivity index (χ1v) is 7.55. The standard InChI is InChI=1S/C17H16N2OS/c1-19-14-8-4-6-10-16(14)21-17(19)11-12-18-13-7-3-5-9-15(13)20-2/h3-12H,1-2H3/p+1. The predicted octanol–water partition coefficient (Wildman–Crippen LogP) is 3.82. The highest BCUT2D eigenvalue weighted by molar-refractivity contribution is 7.18. The van der Waals surface area contributed by atoms with Crippen LogP contribution in [0.4, 0.5) is 5.69 Å². The maximum atomic E-state index is 5.32. The molecule has 0 bridgehead atoms. The molecule has 106 valence electrons. The van der Waals surface area contributed by atoms with Gasteiger partial charge in [0.1, 0.15) is 17.5 Å². The highest BCUT2D eigenvalue weighted by atomic mass is 32.1. The quantitative estimate of drug-likeness (QED) is 0.741. The largest absolute Gasteiger partial charge is 0.495 e. The van der Waals surface area contributed by atoms with Gasteiger partial charge < -0.3 is 10.1 Å². The fourth-order valence-corrected chi connectivity index (χ4v) is 3.29. The number of thiazole rings is 1. The molecule has 0 aliphatic rings. The van der Waals surface area contributed by atoms with Gasteiger partial charge in [-0.3, -0.25) is 0 Å². The van der Waals surface area contributed by atoms with Crippen LogP contribution in [0, 0.1) is 0 Å². The number of nitrogens with zero attached hydrogens (tertiary/aromatic N) is 1. The van der Waals surface area contributed by atoms with Gasteiger partial charge in [0.15, 0.2) is 0 Å². The summed E-state index contributed by atoms with van der Waals surface area (Å²) in [7, 11) is 3.76. The van der Waals surface area contributed by atoms with E-state index < -0.39 is 0 Å². The molecule has 1 aromatic heterocycles. The van der Waals surface area contributed by atoms with Gasteiger partial charge in [0, 0.05) is 18.3 Å². The molecule has 2 aromatic carbocycles. The van der Waals surface area contributed by atoms with E-state index in [-0.39, 0.29) is 0 Å². The number of fused-ring (bicyclic) bond motifs is 1. The predicted molar refractivity (Wildman–Crippen MR) is 88.7 cm³/mol. The Bertz CT molecular complexity index is 792. The normalized spacial score (nSPS) is 11.1. The zero-order valence-electron chi connectivity index (χ0n) is 12.0. The average Bonchev–Trinajstić information content (AvgIpc) is 2.85. The van der Waals surface area contributed by atoms with Crippen molar-refractivity contribution in [3.8, 4) is 5.75 Å². The topological polar surface area (TPSA) is 25.1 Å². The Labute approximate surface area is 128 Å². The molecule has 3 rings (SSSR count). The minimum Gasteiger partial charge on any atom is -0.495 e. The van der Waals surface area contributed by atoms with Crippen LogP contribution in [0.1, 0.15) is 5.01 Å². The lowest BCUT2D eigenvalue weighted by Gasteiger charge is -2.06. The number of rotatable bonds is 4. The van der Waals surface area contributed by atoms with Gasteiger partial charge in [-0.25, -0.2) is 0 Å². The molecule has 0 saturated heterocycles. The van der Waals surface area contributed by atoms with E-state index in [1.165, 1.54) is 15.2 Å². The SMILES string of the molecule is COc1ccccc1N/C=C/c1sc2ccccc2[n+]1C. The van der Waals surface area contributed by atoms with E-state index in [1.807, 2.05) is 30.5 Å². The first kappa shape index (κ1) is 13.6. The van der Waals surface area contributed by atoms with E-state index in [9.17, 15) is 0 Å². The molecule has 1 N–H and O–H groups in total. The molecule has 0 saturated carbocycles. The molecular formula is C17H17N2OS+. The van der Waals surface area contributed by atoms with Crippen LogP contribution >= 0.6 is 11.3 Å². The van der Waals surface area contributed by atoms with Crippen LogP contribution in [-0.4, -0.2) is 7.11 Å². The molecule has 0 unspecified atom stereocenters. The Morgan fingerprint density at radius 1 is 1.10 bits per heavy atom. The van der Waals surface area contributed by atoms with Gasteiger partial charge in [-0.05, 0) is 18.2 Å². The van der Waals surface area contributed by atoms with Crippen molar-refractivity contribution in [3.05, 3.63) is 59.7 Å². The van der Waals surface area contributed by atoms with Crippen molar-refractivity contribution in [2.24, 2.45) is 7.05 Å². The third-order valence-corrected chi connectivity index (χ3v) is 4.53. The average molecular weight is 297 g/mol. The second-order valence-corrected chi connectivity index (χ2v) is 5.71. The van der Waals surface area contributed by atoms with Gasteiger partial charge in [-0.1, -0.05) is 35.6 Å². The minimum absolute atomic E-state index is 0.836. The van der Waals surface area contributed by atoms with Crippen LogP contribution in [0.5, 0.6) is 5.75 Å². The molecule has 0 aliphatic heterocycles. The van der Waals surface area contributed by atoms with Gasteiger partial charge in [0.2, 0.25) is 5.52 Å². The van der Waals surface area contributed by atoms with Crippen LogP contribution < -0.4 is 14.6 Å². The van der Waals surface area contributed by atoms with Gasteiger partial charge in [-0.2, -0.15) is 4.57 Å². The number of anilines is 1. The van der Waals surface area contributed by atoms with Gasteiger partial charge >= 0.3 is 0 Å². The maximum Gasteiger partial charge on any atom is 0.263 e. The summed E-state index contributed by atoms with van der Waals surface area (Å²) in [6, 6.07) is 16.3. The van der Waals surface area contributed by atoms with Gasteiger partial charge in [-0.15, -0.1) is 0 Å². The number of benzene rings is 2. The monoisotopic (exact) mass is 297 g/mol. The molecule has 0 aliphatic carbocycles. The summed E-state index contributed by atoms with van der Waals surface area (Å²) in [5.41, 5.74) is 2.21. The first-order chi connectivity index (χ1) is 10.3. The fraction of sp³-hybridized carbons (Fsp3) is 0.118. The molecular weight excluding hydrogens is 280 g/mol. The summed E-state index contributed by atoms with van der Waals surface area (Å²) in [5, 5.41) is 4.47. The zero-order valence-corrected chi connectivity index (χ0v) is 12.9. The number of aryl methyl sites for hydroxylation is 1. The van der Waals surface area contributed by atoms with Gasteiger partial charge in [0.25, 0.3) is 5.01 Å². The molecule has 21 heavy (non-hydrogen) atoms. The lowest BCUT2D eigenvalue weighted by Crippen LogP contribution is -2.28. The van der Waals surface area contributed by atoms with Crippen LogP contribution in [-0.2, 0) is 7.05 Å². The van der Waals surface area contributed by atoms with Crippen molar-refractivity contribution in [1.29, 1.82) is 0 Å². The highest BCUT2D eigenvalue weighted by Gasteiger charge is 2.13. The number of hydrogen-bond acceptors (Lipinski definition) is 3. The number of methoxy groups -OCH3 is 1. The molecule has 3 aromatic rings. The Morgan fingerprint density at radius 3 is 2.67 bits per heavy atom. The van der Waals surface area contributed by atoms with Crippen molar-refractivity contribution < 1.29 is 9.30 Å². The van der Waals surface area contributed by atoms with E-state index in [0.717, 1.165) is 11.4 Å². The third-order valence-electron chi connectivity index (χ3n) is 3.34. The van der Waals surface area contributed by atoms with Crippen molar-refractivity contribution in [3.63, 3.8) is 0 Å². The first-order valence-electron chi connectivity index (χ1n) is 6.73. The summed E-state index contributed by atoms with van der Waals surface area (Å²) < 4.78 is 8.80. The van der Waals surface area contributed by atoms with E-state index in [0.29, 0.717) is 0 Å². The number of para-hydroxylation sites is 3. The summed E-state index contributed by atoms with van der Waals surface area (Å²) >= 11 is 1.77. The summed E-state index contributed by atoms with van der Waals surface area (Å²) in [6.07, 6.45) is 4.03. The Hall–Kier alpha value is -2.33. The number of ether oxygens (including phenoxy) is 1. The van der Waals surface area contributed by atoms with Crippen LogP contribution in [0.15, 0.2) is 54.7 Å². The molecule has 1 heterocycles. The Kier molecular flexibility index (Phi) is 3.88. The minimum atomic E-state index is 0.836. The van der Waals surface area contributed by atoms with Gasteiger partial charge in [0.05, 0.1) is 12.8 Å². The number of hydrogen-bond donors (Lipinski definition) is 1. The molecule has 4 heteroatoms. The number of aromatic nitrogens is 1. The van der Waals surface area contributed by atoms with Crippen molar-refractivity contribution in [2.75, 3.05) is 12.4 Å². The Morgan fingerprint density at radius 2 is 1.86 bits per heavy atom. The van der Waals surface area contributed by atoms with Crippen molar-refractivity contribution in [2.45, 2.75) is 0 Å². The summed E-state index contributed by atoms with van der Waals surface area (Å²) in [6.45, 7) is 0. The molecule has 3 nitrogen and oxygen atoms in total. The van der Waals surface area contributed by atoms with Crippen LogP contribution in [0.3, 0.4) is 0 Å². The Balaban J connectivity index is 1.83. The number of nitrogens with one attached hydrogen (secondary N) is 1. The van der Waals surface area contributed by atoms with E-state index in [1.54, 1.807) is 18.4 Å². The van der Waals surface area contributed by atoms with Crippen molar-refractivity contribution >= 4 is 33.3 Å². The molecule has 0 amide bonds. The smallest absolute Gasteiger partial charge is 0.263 e. The zero-order chi connectivity index (χ0) is 14.7. The highest BCUT2D eigenvalue weighted by Crippen LogP contribution is 2.24. The third kappa shape index (κ3) is 2.76. The summed E-state index contributed by atoms with van der Waals surface area (Å²) in [4.78, 5) is 0. The van der Waals surface area contributed by atoms with Crippen LogP contribution in [0.2, 0.25) is 0 Å². The lowest BCUT2D eigenvalue weighted by molar-refractivity contribution is -0.642. The van der Waals surface area contributed by atoms with Crippen LogP contribution in [0.25, 0.3) is 16.3 Å².